The lowest BCUT2D eigenvalue weighted by atomic mass is 9.83. The zero-order valence-corrected chi connectivity index (χ0v) is 13.8. The summed E-state index contributed by atoms with van der Waals surface area (Å²) >= 11 is 0. The van der Waals surface area contributed by atoms with E-state index < -0.39 is 0 Å². The number of phenols is 1. The van der Waals surface area contributed by atoms with Crippen molar-refractivity contribution in [1.82, 2.24) is 0 Å². The minimum atomic E-state index is -0.142. The standard InChI is InChI=1S/C19H28O3/c1-3-4-5-6-15-11-17(20)13-18(12-15)22-19(21)16-9-7-14(2)8-10-16/h11-14,16,20H,3-10H2,1-2H3. The van der Waals surface area contributed by atoms with Crippen LogP contribution in [0.3, 0.4) is 0 Å². The second kappa shape index (κ2) is 8.21. The van der Waals surface area contributed by atoms with E-state index in [0.717, 1.165) is 50.0 Å². The Morgan fingerprint density at radius 3 is 2.59 bits per heavy atom. The van der Waals surface area contributed by atoms with Gasteiger partial charge in [0.05, 0.1) is 5.92 Å². The summed E-state index contributed by atoms with van der Waals surface area (Å²) in [6, 6.07) is 5.18. The van der Waals surface area contributed by atoms with Crippen molar-refractivity contribution in [2.75, 3.05) is 0 Å². The van der Waals surface area contributed by atoms with E-state index in [2.05, 4.69) is 13.8 Å². The number of carbonyl (C=O) groups excluding carboxylic acids is 1. The molecule has 0 aromatic heterocycles. The lowest BCUT2D eigenvalue weighted by Crippen LogP contribution is -2.25. The quantitative estimate of drug-likeness (QED) is 0.464. The number of aromatic hydroxyl groups is 1. The Kier molecular flexibility index (Phi) is 6.29. The van der Waals surface area contributed by atoms with Gasteiger partial charge in [-0.25, -0.2) is 0 Å². The van der Waals surface area contributed by atoms with Crippen molar-refractivity contribution in [2.45, 2.75) is 65.2 Å². The van der Waals surface area contributed by atoms with Crippen LogP contribution in [0.25, 0.3) is 0 Å². The summed E-state index contributed by atoms with van der Waals surface area (Å²) in [6.45, 7) is 4.40. The molecule has 3 nitrogen and oxygen atoms in total. The Morgan fingerprint density at radius 1 is 1.18 bits per heavy atom. The number of esters is 1. The molecule has 1 fully saturated rings. The smallest absolute Gasteiger partial charge is 0.314 e. The van der Waals surface area contributed by atoms with Gasteiger partial charge in [0.25, 0.3) is 0 Å². The van der Waals surface area contributed by atoms with Gasteiger partial charge in [0.2, 0.25) is 0 Å². The van der Waals surface area contributed by atoms with E-state index in [1.165, 1.54) is 18.9 Å². The highest BCUT2D eigenvalue weighted by molar-refractivity contribution is 5.75. The van der Waals surface area contributed by atoms with Gasteiger partial charge in [0.1, 0.15) is 11.5 Å². The fraction of sp³-hybridized carbons (Fsp3) is 0.632. The molecule has 0 bridgehead atoms. The van der Waals surface area contributed by atoms with Crippen LogP contribution in [-0.2, 0) is 11.2 Å². The first-order valence-corrected chi connectivity index (χ1v) is 8.63. The van der Waals surface area contributed by atoms with Crippen molar-refractivity contribution in [2.24, 2.45) is 11.8 Å². The lowest BCUT2D eigenvalue weighted by molar-refractivity contribution is -0.140. The van der Waals surface area contributed by atoms with E-state index in [-0.39, 0.29) is 17.6 Å². The van der Waals surface area contributed by atoms with Gasteiger partial charge in [0.15, 0.2) is 0 Å². The first kappa shape index (κ1) is 16.9. The number of hydrogen-bond acceptors (Lipinski definition) is 3. The molecule has 0 heterocycles. The molecule has 2 rings (SSSR count). The minimum absolute atomic E-state index is 0.0158. The van der Waals surface area contributed by atoms with Crippen LogP contribution in [0.2, 0.25) is 0 Å². The zero-order valence-electron chi connectivity index (χ0n) is 13.8. The third-order valence-electron chi connectivity index (χ3n) is 4.59. The highest BCUT2D eigenvalue weighted by Gasteiger charge is 2.26. The summed E-state index contributed by atoms with van der Waals surface area (Å²) in [5.41, 5.74) is 1.04. The fourth-order valence-corrected chi connectivity index (χ4v) is 3.12. The van der Waals surface area contributed by atoms with Crippen molar-refractivity contribution in [3.63, 3.8) is 0 Å². The summed E-state index contributed by atoms with van der Waals surface area (Å²) < 4.78 is 5.52. The molecule has 0 saturated heterocycles. The predicted octanol–water partition coefficient (Wildman–Crippen LogP) is 4.86. The topological polar surface area (TPSA) is 46.5 Å². The van der Waals surface area contributed by atoms with Crippen LogP contribution in [-0.4, -0.2) is 11.1 Å². The van der Waals surface area contributed by atoms with Crippen molar-refractivity contribution >= 4 is 5.97 Å². The van der Waals surface area contributed by atoms with Crippen molar-refractivity contribution in [1.29, 1.82) is 0 Å². The third-order valence-corrected chi connectivity index (χ3v) is 4.59. The van der Waals surface area contributed by atoms with Gasteiger partial charge < -0.3 is 9.84 Å². The first-order valence-electron chi connectivity index (χ1n) is 8.63. The van der Waals surface area contributed by atoms with Gasteiger partial charge in [-0.05, 0) is 62.1 Å². The van der Waals surface area contributed by atoms with Gasteiger partial charge in [-0.1, -0.05) is 26.7 Å². The van der Waals surface area contributed by atoms with Crippen molar-refractivity contribution in [3.8, 4) is 11.5 Å². The molecule has 1 aromatic rings. The molecule has 0 atom stereocenters. The maximum absolute atomic E-state index is 12.3. The Labute approximate surface area is 133 Å². The summed E-state index contributed by atoms with van der Waals surface area (Å²) in [5, 5.41) is 9.82. The van der Waals surface area contributed by atoms with E-state index in [0.29, 0.717) is 5.75 Å². The molecular formula is C19H28O3. The van der Waals surface area contributed by atoms with Gasteiger partial charge in [0, 0.05) is 6.07 Å². The summed E-state index contributed by atoms with van der Waals surface area (Å²) in [7, 11) is 0. The zero-order chi connectivity index (χ0) is 15.9. The van der Waals surface area contributed by atoms with Crippen LogP contribution < -0.4 is 4.74 Å². The highest BCUT2D eigenvalue weighted by Crippen LogP contribution is 2.30. The van der Waals surface area contributed by atoms with Gasteiger partial charge >= 0.3 is 5.97 Å². The van der Waals surface area contributed by atoms with Gasteiger partial charge in [-0.2, -0.15) is 0 Å². The molecule has 1 N–H and O–H groups in total. The molecule has 0 aliphatic heterocycles. The molecule has 3 heteroatoms. The summed E-state index contributed by atoms with van der Waals surface area (Å²) in [4.78, 5) is 12.3. The molecule has 1 aliphatic carbocycles. The highest BCUT2D eigenvalue weighted by atomic mass is 16.5. The van der Waals surface area contributed by atoms with Crippen LogP contribution in [0.4, 0.5) is 0 Å². The van der Waals surface area contributed by atoms with Crippen LogP contribution in [0.15, 0.2) is 18.2 Å². The lowest BCUT2D eigenvalue weighted by Gasteiger charge is -2.24. The largest absolute Gasteiger partial charge is 0.508 e. The van der Waals surface area contributed by atoms with Crippen molar-refractivity contribution < 1.29 is 14.6 Å². The molecule has 122 valence electrons. The average molecular weight is 304 g/mol. The van der Waals surface area contributed by atoms with Crippen molar-refractivity contribution in [3.05, 3.63) is 23.8 Å². The van der Waals surface area contributed by atoms with Crippen LogP contribution in [0, 0.1) is 11.8 Å². The number of unbranched alkanes of at least 4 members (excludes halogenated alkanes) is 2. The molecule has 0 unspecified atom stereocenters. The van der Waals surface area contributed by atoms with E-state index in [1.54, 1.807) is 6.07 Å². The van der Waals surface area contributed by atoms with E-state index in [4.69, 9.17) is 4.74 Å². The maximum Gasteiger partial charge on any atom is 0.314 e. The first-order chi connectivity index (χ1) is 10.6. The number of ether oxygens (including phenoxy) is 1. The molecule has 0 amide bonds. The number of rotatable bonds is 6. The molecule has 0 spiro atoms. The van der Waals surface area contributed by atoms with Gasteiger partial charge in [-0.15, -0.1) is 0 Å². The molecule has 22 heavy (non-hydrogen) atoms. The van der Waals surface area contributed by atoms with Crippen LogP contribution >= 0.6 is 0 Å². The number of carbonyl (C=O) groups is 1. The number of hydrogen-bond donors (Lipinski definition) is 1. The second-order valence-corrected chi connectivity index (χ2v) is 6.67. The van der Waals surface area contributed by atoms with Crippen LogP contribution in [0.5, 0.6) is 11.5 Å². The molecule has 1 aromatic carbocycles. The van der Waals surface area contributed by atoms with Gasteiger partial charge in [-0.3, -0.25) is 4.79 Å². The van der Waals surface area contributed by atoms with Crippen LogP contribution in [0.1, 0.15) is 64.4 Å². The Balaban J connectivity index is 1.95. The molecule has 0 radical (unpaired) electrons. The minimum Gasteiger partial charge on any atom is -0.508 e. The monoisotopic (exact) mass is 304 g/mol. The number of aryl methyl sites for hydroxylation is 1. The number of benzene rings is 1. The average Bonchev–Trinajstić information content (AvgIpc) is 2.47. The molecule has 1 saturated carbocycles. The van der Waals surface area contributed by atoms with E-state index >= 15 is 0 Å². The summed E-state index contributed by atoms with van der Waals surface area (Å²) in [6.07, 6.45) is 8.38. The fourth-order valence-electron chi connectivity index (χ4n) is 3.12. The maximum atomic E-state index is 12.3. The number of phenolic OH excluding ortho intramolecular Hbond substituents is 1. The van der Waals surface area contributed by atoms with E-state index in [9.17, 15) is 9.90 Å². The Hall–Kier alpha value is -1.51. The molecule has 1 aliphatic rings. The Morgan fingerprint density at radius 2 is 1.91 bits per heavy atom. The summed E-state index contributed by atoms with van der Waals surface area (Å²) in [5.74, 6) is 1.25. The SMILES string of the molecule is CCCCCc1cc(O)cc(OC(=O)C2CCC(C)CC2)c1. The predicted molar refractivity (Wildman–Crippen MR) is 88.1 cm³/mol. The Bertz CT molecular complexity index is 487. The second-order valence-electron chi connectivity index (χ2n) is 6.67. The third kappa shape index (κ3) is 5.04. The van der Waals surface area contributed by atoms with E-state index in [1.807, 2.05) is 6.07 Å². The molecular weight excluding hydrogens is 276 g/mol. The normalized spacial score (nSPS) is 21.5.